The van der Waals surface area contributed by atoms with Gasteiger partial charge in [-0.05, 0) is 33.1 Å². The standard InChI is InChI=1S/C14H22N4O4S/c1-4-22-12(19)7-10-5-6-18(14(10,2)3)23(20,21)11-8-16-13(15)17-9-11/h8-10H,4-7H2,1-3H3,(H2,15,16,17). The monoisotopic (exact) mass is 342 g/mol. The van der Waals surface area contributed by atoms with Crippen molar-refractivity contribution in [1.29, 1.82) is 0 Å². The minimum Gasteiger partial charge on any atom is -0.466 e. The van der Waals surface area contributed by atoms with E-state index in [1.54, 1.807) is 6.92 Å². The maximum absolute atomic E-state index is 12.8. The number of rotatable bonds is 5. The summed E-state index contributed by atoms with van der Waals surface area (Å²) in [6.45, 7) is 6.04. The molecule has 128 valence electrons. The quantitative estimate of drug-likeness (QED) is 0.787. The summed E-state index contributed by atoms with van der Waals surface area (Å²) in [5, 5.41) is 0. The van der Waals surface area contributed by atoms with Gasteiger partial charge in [0.2, 0.25) is 16.0 Å². The van der Waals surface area contributed by atoms with E-state index in [-0.39, 0.29) is 29.2 Å². The van der Waals surface area contributed by atoms with E-state index < -0.39 is 15.6 Å². The number of ether oxygens (including phenoxy) is 1. The number of hydrogen-bond acceptors (Lipinski definition) is 7. The second kappa shape index (κ2) is 6.40. The molecule has 1 saturated heterocycles. The van der Waals surface area contributed by atoms with Crippen LogP contribution in [-0.2, 0) is 19.6 Å². The fraction of sp³-hybridized carbons (Fsp3) is 0.643. The molecule has 1 unspecified atom stereocenters. The summed E-state index contributed by atoms with van der Waals surface area (Å²) in [6, 6.07) is 0. The van der Waals surface area contributed by atoms with Crippen molar-refractivity contribution < 1.29 is 17.9 Å². The minimum absolute atomic E-state index is 0.00319. The van der Waals surface area contributed by atoms with E-state index in [1.165, 1.54) is 16.7 Å². The van der Waals surface area contributed by atoms with E-state index in [0.717, 1.165) is 0 Å². The fourth-order valence-corrected chi connectivity index (χ4v) is 4.65. The lowest BCUT2D eigenvalue weighted by atomic mass is 9.87. The van der Waals surface area contributed by atoms with Gasteiger partial charge in [0.05, 0.1) is 25.4 Å². The highest BCUT2D eigenvalue weighted by atomic mass is 32.2. The van der Waals surface area contributed by atoms with Gasteiger partial charge in [0, 0.05) is 12.1 Å². The SMILES string of the molecule is CCOC(=O)CC1CCN(S(=O)(=O)c2cnc(N)nc2)C1(C)C. The second-order valence-corrected chi connectivity index (χ2v) is 7.86. The molecule has 9 heteroatoms. The molecule has 8 nitrogen and oxygen atoms in total. The molecule has 1 fully saturated rings. The summed E-state index contributed by atoms with van der Waals surface area (Å²) in [6.07, 6.45) is 3.20. The van der Waals surface area contributed by atoms with Gasteiger partial charge in [-0.2, -0.15) is 4.31 Å². The van der Waals surface area contributed by atoms with Crippen LogP contribution in [0.1, 0.15) is 33.6 Å². The van der Waals surface area contributed by atoms with Gasteiger partial charge in [-0.1, -0.05) is 0 Å². The lowest BCUT2D eigenvalue weighted by Crippen LogP contribution is -2.46. The summed E-state index contributed by atoms with van der Waals surface area (Å²) in [5.41, 5.74) is 4.70. The van der Waals surface area contributed by atoms with Gasteiger partial charge in [0.15, 0.2) is 0 Å². The van der Waals surface area contributed by atoms with Gasteiger partial charge in [0.1, 0.15) is 4.90 Å². The molecule has 0 spiro atoms. The van der Waals surface area contributed by atoms with Crippen molar-refractivity contribution in [3.8, 4) is 0 Å². The molecule has 2 heterocycles. The molecule has 0 radical (unpaired) electrons. The summed E-state index contributed by atoms with van der Waals surface area (Å²) < 4.78 is 32.0. The van der Waals surface area contributed by atoms with Crippen molar-refractivity contribution in [2.24, 2.45) is 5.92 Å². The van der Waals surface area contributed by atoms with Gasteiger partial charge in [0.25, 0.3) is 0 Å². The summed E-state index contributed by atoms with van der Waals surface area (Å²) in [4.78, 5) is 19.2. The van der Waals surface area contributed by atoms with Gasteiger partial charge < -0.3 is 10.5 Å². The highest BCUT2D eigenvalue weighted by Gasteiger charge is 2.48. The Morgan fingerprint density at radius 2 is 2.04 bits per heavy atom. The number of sulfonamides is 1. The van der Waals surface area contributed by atoms with E-state index in [1.807, 2.05) is 13.8 Å². The molecule has 1 aliphatic heterocycles. The van der Waals surface area contributed by atoms with E-state index in [0.29, 0.717) is 19.6 Å². The summed E-state index contributed by atoms with van der Waals surface area (Å²) in [7, 11) is -3.74. The molecule has 0 amide bonds. The van der Waals surface area contributed by atoms with Crippen LogP contribution in [0.15, 0.2) is 17.3 Å². The number of nitrogens with zero attached hydrogens (tertiary/aromatic N) is 3. The number of nitrogens with two attached hydrogens (primary N) is 1. The van der Waals surface area contributed by atoms with Crippen molar-refractivity contribution in [3.05, 3.63) is 12.4 Å². The highest BCUT2D eigenvalue weighted by Crippen LogP contribution is 2.40. The third kappa shape index (κ3) is 3.45. The van der Waals surface area contributed by atoms with E-state index in [2.05, 4.69) is 9.97 Å². The predicted molar refractivity (Wildman–Crippen MR) is 83.8 cm³/mol. The Kier molecular flexibility index (Phi) is 4.90. The van der Waals surface area contributed by atoms with Crippen molar-refractivity contribution in [1.82, 2.24) is 14.3 Å². The molecular formula is C14H22N4O4S. The zero-order valence-corrected chi connectivity index (χ0v) is 14.3. The van der Waals surface area contributed by atoms with Crippen LogP contribution >= 0.6 is 0 Å². The van der Waals surface area contributed by atoms with Crippen molar-refractivity contribution in [2.45, 2.75) is 44.0 Å². The predicted octanol–water partition coefficient (Wildman–Crippen LogP) is 0.801. The molecule has 0 bridgehead atoms. The largest absolute Gasteiger partial charge is 0.466 e. The molecule has 2 N–H and O–H groups in total. The lowest BCUT2D eigenvalue weighted by Gasteiger charge is -2.34. The molecular weight excluding hydrogens is 320 g/mol. The fourth-order valence-electron chi connectivity index (χ4n) is 2.91. The number of nitrogen functional groups attached to an aromatic ring is 1. The van der Waals surface area contributed by atoms with Crippen molar-refractivity contribution >= 4 is 21.9 Å². The first-order valence-corrected chi connectivity index (χ1v) is 8.89. The van der Waals surface area contributed by atoms with E-state index in [4.69, 9.17) is 10.5 Å². The summed E-state index contributed by atoms with van der Waals surface area (Å²) in [5.74, 6) is -0.392. The topological polar surface area (TPSA) is 115 Å². The molecule has 1 atom stereocenters. The average Bonchev–Trinajstić information content (AvgIpc) is 2.75. The minimum atomic E-state index is -3.74. The molecule has 1 aromatic rings. The lowest BCUT2D eigenvalue weighted by molar-refractivity contribution is -0.144. The van der Waals surface area contributed by atoms with Crippen LogP contribution in [0, 0.1) is 5.92 Å². The van der Waals surface area contributed by atoms with Crippen LogP contribution in [-0.4, -0.2) is 47.4 Å². The first-order valence-electron chi connectivity index (χ1n) is 7.45. The number of esters is 1. The molecule has 0 aromatic carbocycles. The average molecular weight is 342 g/mol. The van der Waals surface area contributed by atoms with Crippen LogP contribution in [0.2, 0.25) is 0 Å². The second-order valence-electron chi connectivity index (χ2n) is 6.00. The normalized spacial score (nSPS) is 21.3. The Morgan fingerprint density at radius 3 is 2.61 bits per heavy atom. The third-order valence-corrected chi connectivity index (χ3v) is 6.32. The van der Waals surface area contributed by atoms with Crippen LogP contribution < -0.4 is 5.73 Å². The Labute approximate surface area is 136 Å². The van der Waals surface area contributed by atoms with Crippen molar-refractivity contribution in [3.63, 3.8) is 0 Å². The summed E-state index contributed by atoms with van der Waals surface area (Å²) >= 11 is 0. The number of carbonyl (C=O) groups excluding carboxylic acids is 1. The Balaban J connectivity index is 2.23. The molecule has 1 aliphatic rings. The zero-order chi connectivity index (χ0) is 17.3. The number of aromatic nitrogens is 2. The van der Waals surface area contributed by atoms with Gasteiger partial charge in [-0.25, -0.2) is 18.4 Å². The first-order chi connectivity index (χ1) is 10.7. The van der Waals surface area contributed by atoms with Crippen LogP contribution in [0.3, 0.4) is 0 Å². The highest BCUT2D eigenvalue weighted by molar-refractivity contribution is 7.89. The van der Waals surface area contributed by atoms with Crippen LogP contribution in [0.25, 0.3) is 0 Å². The van der Waals surface area contributed by atoms with E-state index in [9.17, 15) is 13.2 Å². The first kappa shape index (κ1) is 17.6. The Morgan fingerprint density at radius 1 is 1.43 bits per heavy atom. The Bertz CT molecular complexity index is 673. The molecule has 2 rings (SSSR count). The number of carbonyl (C=O) groups is 1. The smallest absolute Gasteiger partial charge is 0.306 e. The molecule has 0 saturated carbocycles. The number of hydrogen-bond donors (Lipinski definition) is 1. The zero-order valence-electron chi connectivity index (χ0n) is 13.5. The van der Waals surface area contributed by atoms with E-state index >= 15 is 0 Å². The maximum Gasteiger partial charge on any atom is 0.306 e. The van der Waals surface area contributed by atoms with Gasteiger partial charge >= 0.3 is 5.97 Å². The van der Waals surface area contributed by atoms with Crippen molar-refractivity contribution in [2.75, 3.05) is 18.9 Å². The van der Waals surface area contributed by atoms with Crippen LogP contribution in [0.5, 0.6) is 0 Å². The van der Waals surface area contributed by atoms with Crippen LogP contribution in [0.4, 0.5) is 5.95 Å². The number of anilines is 1. The van der Waals surface area contributed by atoms with Gasteiger partial charge in [-0.15, -0.1) is 0 Å². The molecule has 0 aliphatic carbocycles. The van der Waals surface area contributed by atoms with Gasteiger partial charge in [-0.3, -0.25) is 4.79 Å². The molecule has 1 aromatic heterocycles. The third-order valence-electron chi connectivity index (χ3n) is 4.28. The maximum atomic E-state index is 12.8. The Hall–Kier alpha value is -1.74. The molecule has 23 heavy (non-hydrogen) atoms.